The van der Waals surface area contributed by atoms with Crippen molar-refractivity contribution in [3.05, 3.63) is 95.0 Å². The van der Waals surface area contributed by atoms with Crippen LogP contribution < -0.4 is 14.8 Å². The van der Waals surface area contributed by atoms with Crippen LogP contribution in [-0.2, 0) is 26.1 Å². The summed E-state index contributed by atoms with van der Waals surface area (Å²) in [5, 5.41) is 3.38. The molecule has 3 aromatic rings. The minimum Gasteiger partial charge on any atom is -0.491 e. The Morgan fingerprint density at radius 1 is 0.939 bits per heavy atom. The van der Waals surface area contributed by atoms with Gasteiger partial charge < -0.3 is 14.8 Å². The predicted molar refractivity (Wildman–Crippen MR) is 127 cm³/mol. The zero-order chi connectivity index (χ0) is 23.7. The van der Waals surface area contributed by atoms with E-state index in [4.69, 9.17) is 21.1 Å². The molecule has 3 rings (SSSR count). The second-order valence-electron chi connectivity index (χ2n) is 7.12. The van der Waals surface area contributed by atoms with Crippen LogP contribution in [0.3, 0.4) is 0 Å². The van der Waals surface area contributed by atoms with Gasteiger partial charge >= 0.3 is 0 Å². The minimum absolute atomic E-state index is 0.0213. The lowest BCUT2D eigenvalue weighted by Gasteiger charge is -2.19. The number of nitrogens with one attached hydrogen (secondary N) is 2. The van der Waals surface area contributed by atoms with Gasteiger partial charge in [0.1, 0.15) is 18.4 Å². The lowest BCUT2D eigenvalue weighted by Crippen LogP contribution is -2.40. The number of hydrogen-bond donors (Lipinski definition) is 2. The topological polar surface area (TPSA) is 93.7 Å². The van der Waals surface area contributed by atoms with Crippen molar-refractivity contribution in [3.8, 4) is 5.75 Å². The zero-order valence-electron chi connectivity index (χ0n) is 18.0. The highest BCUT2D eigenvalue weighted by Crippen LogP contribution is 2.20. The number of methoxy groups -OCH3 is 1. The quantitative estimate of drug-likeness (QED) is 0.401. The Morgan fingerprint density at radius 2 is 1.61 bits per heavy atom. The molecular weight excluding hydrogens is 464 g/mol. The summed E-state index contributed by atoms with van der Waals surface area (Å²) in [6.45, 7) is 1.00. The van der Waals surface area contributed by atoms with Crippen LogP contribution in [0, 0.1) is 0 Å². The molecule has 0 aliphatic carbocycles. The van der Waals surface area contributed by atoms with Crippen LogP contribution in [0.4, 0.5) is 0 Å². The van der Waals surface area contributed by atoms with E-state index in [1.165, 1.54) is 12.1 Å². The Morgan fingerprint density at radius 3 is 2.24 bits per heavy atom. The van der Waals surface area contributed by atoms with E-state index < -0.39 is 22.0 Å². The van der Waals surface area contributed by atoms with Crippen molar-refractivity contribution in [1.29, 1.82) is 0 Å². The number of sulfonamides is 1. The van der Waals surface area contributed by atoms with Gasteiger partial charge in [-0.3, -0.25) is 4.79 Å². The predicted octanol–water partition coefficient (Wildman–Crippen LogP) is 3.70. The molecule has 0 aliphatic rings. The van der Waals surface area contributed by atoms with Gasteiger partial charge in [-0.25, -0.2) is 8.42 Å². The number of rotatable bonds is 11. The molecule has 0 radical (unpaired) electrons. The summed E-state index contributed by atoms with van der Waals surface area (Å²) in [6, 6.07) is 20.6. The highest BCUT2D eigenvalue weighted by Gasteiger charge is 2.27. The summed E-state index contributed by atoms with van der Waals surface area (Å²) in [6.07, 6.45) is 0. The number of hydrogen-bond acceptors (Lipinski definition) is 5. The molecule has 1 amide bonds. The van der Waals surface area contributed by atoms with E-state index in [1.807, 2.05) is 0 Å². The SMILES string of the molecule is COCCOc1ccc(S(=O)(=O)N[C@H](C(=O)NCc2ccc(Cl)cc2)c2ccccc2)cc1. The van der Waals surface area contributed by atoms with Gasteiger partial charge in [-0.15, -0.1) is 0 Å². The summed E-state index contributed by atoms with van der Waals surface area (Å²) in [5.41, 5.74) is 1.36. The van der Waals surface area contributed by atoms with E-state index in [9.17, 15) is 13.2 Å². The number of benzene rings is 3. The van der Waals surface area contributed by atoms with Gasteiger partial charge in [0.05, 0.1) is 11.5 Å². The molecule has 174 valence electrons. The fourth-order valence-electron chi connectivity index (χ4n) is 2.99. The van der Waals surface area contributed by atoms with Gasteiger partial charge in [0, 0.05) is 18.7 Å². The Hall–Kier alpha value is -2.91. The van der Waals surface area contributed by atoms with Crippen LogP contribution in [0.15, 0.2) is 83.8 Å². The summed E-state index contributed by atoms with van der Waals surface area (Å²) in [5.74, 6) is 0.0468. The molecule has 0 bridgehead atoms. The minimum atomic E-state index is -3.99. The smallest absolute Gasteiger partial charge is 0.243 e. The molecule has 0 aromatic heterocycles. The first-order valence-corrected chi connectivity index (χ1v) is 12.1. The van der Waals surface area contributed by atoms with E-state index >= 15 is 0 Å². The van der Waals surface area contributed by atoms with Crippen LogP contribution >= 0.6 is 11.6 Å². The van der Waals surface area contributed by atoms with Crippen molar-refractivity contribution in [2.45, 2.75) is 17.5 Å². The van der Waals surface area contributed by atoms with Crippen molar-refractivity contribution in [2.75, 3.05) is 20.3 Å². The maximum Gasteiger partial charge on any atom is 0.243 e. The Kier molecular flexibility index (Phi) is 8.85. The standard InChI is InChI=1S/C24H25ClN2O5S/c1-31-15-16-32-21-11-13-22(14-12-21)33(29,30)27-23(19-5-3-2-4-6-19)24(28)26-17-18-7-9-20(25)10-8-18/h2-14,23,27H,15-17H2,1H3,(H,26,28)/t23-/m0/s1. The van der Waals surface area contributed by atoms with E-state index in [1.54, 1.807) is 73.8 Å². The molecule has 0 heterocycles. The van der Waals surface area contributed by atoms with Crippen LogP contribution in [0.5, 0.6) is 5.75 Å². The average molecular weight is 489 g/mol. The molecular formula is C24H25ClN2O5S. The maximum atomic E-state index is 13.0. The van der Waals surface area contributed by atoms with Gasteiger partial charge in [0.25, 0.3) is 0 Å². The van der Waals surface area contributed by atoms with Crippen molar-refractivity contribution < 1.29 is 22.7 Å². The molecule has 0 unspecified atom stereocenters. The molecule has 0 saturated carbocycles. The third-order valence-corrected chi connectivity index (χ3v) is 6.43. The molecule has 3 aromatic carbocycles. The van der Waals surface area contributed by atoms with Crippen LogP contribution in [0.25, 0.3) is 0 Å². The monoisotopic (exact) mass is 488 g/mol. The van der Waals surface area contributed by atoms with Gasteiger partial charge in [0.15, 0.2) is 0 Å². The number of carbonyl (C=O) groups excluding carboxylic acids is 1. The molecule has 33 heavy (non-hydrogen) atoms. The van der Waals surface area contributed by atoms with Crippen molar-refractivity contribution in [3.63, 3.8) is 0 Å². The highest BCUT2D eigenvalue weighted by atomic mass is 35.5. The van der Waals surface area contributed by atoms with Gasteiger partial charge in [-0.2, -0.15) is 4.72 Å². The first-order chi connectivity index (χ1) is 15.9. The molecule has 2 N–H and O–H groups in total. The Bertz CT molecular complexity index is 1140. The molecule has 0 saturated heterocycles. The first kappa shape index (κ1) is 24.7. The van der Waals surface area contributed by atoms with E-state index in [-0.39, 0.29) is 11.4 Å². The number of carbonyl (C=O) groups is 1. The van der Waals surface area contributed by atoms with E-state index in [0.717, 1.165) is 5.56 Å². The normalized spacial score (nSPS) is 12.2. The third-order valence-electron chi connectivity index (χ3n) is 4.74. The maximum absolute atomic E-state index is 13.0. The largest absolute Gasteiger partial charge is 0.491 e. The lowest BCUT2D eigenvalue weighted by atomic mass is 10.1. The summed E-state index contributed by atoms with van der Waals surface area (Å²) in [7, 11) is -2.42. The van der Waals surface area contributed by atoms with Crippen molar-refractivity contribution in [2.24, 2.45) is 0 Å². The van der Waals surface area contributed by atoms with E-state index in [0.29, 0.717) is 29.5 Å². The van der Waals surface area contributed by atoms with Crippen molar-refractivity contribution in [1.82, 2.24) is 10.0 Å². The fraction of sp³-hybridized carbons (Fsp3) is 0.208. The fourth-order valence-corrected chi connectivity index (χ4v) is 4.30. The van der Waals surface area contributed by atoms with Crippen molar-refractivity contribution >= 4 is 27.5 Å². The molecule has 0 spiro atoms. The van der Waals surface area contributed by atoms with Gasteiger partial charge in [-0.05, 0) is 47.5 Å². The molecule has 9 heteroatoms. The van der Waals surface area contributed by atoms with Crippen LogP contribution in [-0.4, -0.2) is 34.6 Å². The molecule has 0 aliphatic heterocycles. The first-order valence-electron chi connectivity index (χ1n) is 10.2. The lowest BCUT2D eigenvalue weighted by molar-refractivity contribution is -0.123. The second kappa shape index (κ2) is 11.8. The highest BCUT2D eigenvalue weighted by molar-refractivity contribution is 7.89. The second-order valence-corrected chi connectivity index (χ2v) is 9.27. The zero-order valence-corrected chi connectivity index (χ0v) is 19.6. The van der Waals surface area contributed by atoms with Gasteiger partial charge in [0.2, 0.25) is 15.9 Å². The average Bonchev–Trinajstić information content (AvgIpc) is 2.83. The Balaban J connectivity index is 1.75. The summed E-state index contributed by atoms with van der Waals surface area (Å²) in [4.78, 5) is 13.0. The number of halogens is 1. The molecule has 7 nitrogen and oxygen atoms in total. The molecule has 0 fully saturated rings. The summed E-state index contributed by atoms with van der Waals surface area (Å²) < 4.78 is 39.0. The van der Waals surface area contributed by atoms with Gasteiger partial charge in [-0.1, -0.05) is 54.1 Å². The van der Waals surface area contributed by atoms with Crippen LogP contribution in [0.1, 0.15) is 17.2 Å². The molecule has 1 atom stereocenters. The third kappa shape index (κ3) is 7.30. The number of ether oxygens (including phenoxy) is 2. The Labute approximate surface area is 198 Å². The van der Waals surface area contributed by atoms with Crippen LogP contribution in [0.2, 0.25) is 5.02 Å². The number of amides is 1. The van der Waals surface area contributed by atoms with E-state index in [2.05, 4.69) is 10.0 Å². The summed E-state index contributed by atoms with van der Waals surface area (Å²) >= 11 is 5.90.